The molecular weight excluding hydrogens is 324 g/mol. The molecule has 2 N–H and O–H groups in total. The number of benzene rings is 2. The lowest BCUT2D eigenvalue weighted by Crippen LogP contribution is -2.28. The summed E-state index contributed by atoms with van der Waals surface area (Å²) in [5, 5.41) is 12.0. The van der Waals surface area contributed by atoms with Crippen molar-refractivity contribution in [2.24, 2.45) is 0 Å². The van der Waals surface area contributed by atoms with Crippen molar-refractivity contribution in [1.82, 2.24) is 10.3 Å². The summed E-state index contributed by atoms with van der Waals surface area (Å²) in [5.41, 5.74) is 4.80. The Bertz CT molecular complexity index is 844. The summed E-state index contributed by atoms with van der Waals surface area (Å²) in [6, 6.07) is 21.7. The molecule has 1 amide bonds. The van der Waals surface area contributed by atoms with Crippen LogP contribution in [0.5, 0.6) is 0 Å². The number of rotatable bonds is 6. The molecule has 0 spiro atoms. The molecule has 0 aliphatic carbocycles. The van der Waals surface area contributed by atoms with E-state index < -0.39 is 0 Å². The average molecular weight is 346 g/mol. The molecule has 4 heteroatoms. The van der Waals surface area contributed by atoms with E-state index in [4.69, 9.17) is 5.11 Å². The summed E-state index contributed by atoms with van der Waals surface area (Å²) >= 11 is 0. The van der Waals surface area contributed by atoms with Gasteiger partial charge in [0, 0.05) is 6.20 Å². The highest BCUT2D eigenvalue weighted by Crippen LogP contribution is 2.19. The highest BCUT2D eigenvalue weighted by molar-refractivity contribution is 5.79. The standard InChI is InChI=1S/C22H22N2O2/c1-16(21-12-9-18(15-25)14-23-21)24-22(26)13-17-7-10-20(11-8-17)19-5-3-2-4-6-19/h2-12,14,16,25H,13,15H2,1H3,(H,24,26)/t16-/m1/s1. The first-order valence-corrected chi connectivity index (χ1v) is 8.65. The van der Waals surface area contributed by atoms with E-state index in [-0.39, 0.29) is 18.6 Å². The van der Waals surface area contributed by atoms with Crippen LogP contribution < -0.4 is 5.32 Å². The Hall–Kier alpha value is -2.98. The van der Waals surface area contributed by atoms with Crippen molar-refractivity contribution < 1.29 is 9.90 Å². The van der Waals surface area contributed by atoms with Gasteiger partial charge in [0.25, 0.3) is 0 Å². The zero-order chi connectivity index (χ0) is 18.4. The maximum atomic E-state index is 12.3. The predicted octanol–water partition coefficient (Wildman–Crippen LogP) is 3.66. The van der Waals surface area contributed by atoms with Crippen LogP contribution in [-0.4, -0.2) is 16.0 Å². The van der Waals surface area contributed by atoms with Crippen molar-refractivity contribution in [1.29, 1.82) is 0 Å². The zero-order valence-electron chi connectivity index (χ0n) is 14.7. The normalized spacial score (nSPS) is 11.8. The Balaban J connectivity index is 1.59. The Morgan fingerprint density at radius 3 is 2.23 bits per heavy atom. The second-order valence-electron chi connectivity index (χ2n) is 6.28. The minimum absolute atomic E-state index is 0.0347. The fourth-order valence-electron chi connectivity index (χ4n) is 2.78. The van der Waals surface area contributed by atoms with Crippen molar-refractivity contribution in [3.63, 3.8) is 0 Å². The Kier molecular flexibility index (Phi) is 5.77. The molecule has 4 nitrogen and oxygen atoms in total. The van der Waals surface area contributed by atoms with Crippen LogP contribution in [0, 0.1) is 0 Å². The first kappa shape index (κ1) is 17.8. The number of carbonyl (C=O) groups is 1. The second kappa shape index (κ2) is 8.41. The maximum Gasteiger partial charge on any atom is 0.224 e. The van der Waals surface area contributed by atoms with Gasteiger partial charge in [-0.15, -0.1) is 0 Å². The first-order chi connectivity index (χ1) is 12.7. The van der Waals surface area contributed by atoms with Crippen LogP contribution in [0.25, 0.3) is 11.1 Å². The second-order valence-corrected chi connectivity index (χ2v) is 6.28. The summed E-state index contributed by atoms with van der Waals surface area (Å²) in [5.74, 6) is -0.0435. The first-order valence-electron chi connectivity index (χ1n) is 8.65. The molecule has 1 atom stereocenters. The summed E-state index contributed by atoms with van der Waals surface area (Å²) in [6.07, 6.45) is 1.95. The summed E-state index contributed by atoms with van der Waals surface area (Å²) in [4.78, 5) is 16.6. The molecule has 26 heavy (non-hydrogen) atoms. The van der Waals surface area contributed by atoms with Crippen molar-refractivity contribution in [2.75, 3.05) is 0 Å². The van der Waals surface area contributed by atoms with Gasteiger partial charge in [-0.2, -0.15) is 0 Å². The highest BCUT2D eigenvalue weighted by Gasteiger charge is 2.11. The molecule has 132 valence electrons. The monoisotopic (exact) mass is 346 g/mol. The van der Waals surface area contributed by atoms with E-state index in [0.717, 1.165) is 27.9 Å². The predicted molar refractivity (Wildman–Crippen MR) is 102 cm³/mol. The smallest absolute Gasteiger partial charge is 0.224 e. The van der Waals surface area contributed by atoms with Gasteiger partial charge >= 0.3 is 0 Å². The van der Waals surface area contributed by atoms with Crippen molar-refractivity contribution in [3.05, 3.63) is 89.7 Å². The largest absolute Gasteiger partial charge is 0.392 e. The van der Waals surface area contributed by atoms with E-state index in [1.54, 1.807) is 6.20 Å². The van der Waals surface area contributed by atoms with Gasteiger partial charge in [0.05, 0.1) is 24.8 Å². The molecule has 0 bridgehead atoms. The molecule has 0 aliphatic rings. The van der Waals surface area contributed by atoms with Crippen LogP contribution >= 0.6 is 0 Å². The van der Waals surface area contributed by atoms with Gasteiger partial charge in [0.1, 0.15) is 0 Å². The van der Waals surface area contributed by atoms with Gasteiger partial charge in [-0.3, -0.25) is 9.78 Å². The number of nitrogens with zero attached hydrogens (tertiary/aromatic N) is 1. The summed E-state index contributed by atoms with van der Waals surface area (Å²) < 4.78 is 0. The van der Waals surface area contributed by atoms with Crippen LogP contribution in [0.3, 0.4) is 0 Å². The van der Waals surface area contributed by atoms with Crippen molar-refractivity contribution in [3.8, 4) is 11.1 Å². The number of aromatic nitrogens is 1. The van der Waals surface area contributed by atoms with E-state index in [0.29, 0.717) is 6.42 Å². The topological polar surface area (TPSA) is 62.2 Å². The van der Waals surface area contributed by atoms with Gasteiger partial charge < -0.3 is 10.4 Å². The molecule has 0 saturated heterocycles. The lowest BCUT2D eigenvalue weighted by atomic mass is 10.0. The van der Waals surface area contributed by atoms with Gasteiger partial charge in [-0.25, -0.2) is 0 Å². The molecule has 0 fully saturated rings. The van der Waals surface area contributed by atoms with Crippen molar-refractivity contribution in [2.45, 2.75) is 26.0 Å². The minimum atomic E-state index is -0.182. The SMILES string of the molecule is C[C@@H](NC(=O)Cc1ccc(-c2ccccc2)cc1)c1ccc(CO)cn1. The number of amides is 1. The molecule has 1 aromatic heterocycles. The van der Waals surface area contributed by atoms with Gasteiger partial charge in [-0.1, -0.05) is 60.7 Å². The molecule has 2 aromatic carbocycles. The molecule has 0 unspecified atom stereocenters. The zero-order valence-corrected chi connectivity index (χ0v) is 14.7. The lowest BCUT2D eigenvalue weighted by molar-refractivity contribution is -0.121. The minimum Gasteiger partial charge on any atom is -0.392 e. The highest BCUT2D eigenvalue weighted by atomic mass is 16.3. The number of aliphatic hydroxyl groups excluding tert-OH is 1. The lowest BCUT2D eigenvalue weighted by Gasteiger charge is -2.14. The van der Waals surface area contributed by atoms with E-state index in [2.05, 4.69) is 22.4 Å². The Labute approximate surface area is 153 Å². The number of pyridine rings is 1. The third-order valence-corrected chi connectivity index (χ3v) is 4.28. The molecule has 0 aliphatic heterocycles. The Morgan fingerprint density at radius 1 is 0.962 bits per heavy atom. The van der Waals surface area contributed by atoms with Crippen LogP contribution in [0.4, 0.5) is 0 Å². The van der Waals surface area contributed by atoms with E-state index >= 15 is 0 Å². The van der Waals surface area contributed by atoms with Crippen LogP contribution in [0.2, 0.25) is 0 Å². The van der Waals surface area contributed by atoms with Crippen molar-refractivity contribution >= 4 is 5.91 Å². The van der Waals surface area contributed by atoms with Crippen LogP contribution in [-0.2, 0) is 17.8 Å². The molecule has 1 heterocycles. The summed E-state index contributed by atoms with van der Waals surface area (Å²) in [7, 11) is 0. The number of aliphatic hydroxyl groups is 1. The number of nitrogens with one attached hydrogen (secondary N) is 1. The summed E-state index contributed by atoms with van der Waals surface area (Å²) in [6.45, 7) is 1.87. The van der Waals surface area contributed by atoms with E-state index in [1.807, 2.05) is 61.5 Å². The molecule has 3 rings (SSSR count). The third kappa shape index (κ3) is 4.55. The van der Waals surface area contributed by atoms with E-state index in [9.17, 15) is 4.79 Å². The van der Waals surface area contributed by atoms with Gasteiger partial charge in [0.2, 0.25) is 5.91 Å². The fraction of sp³-hybridized carbons (Fsp3) is 0.182. The average Bonchev–Trinajstić information content (AvgIpc) is 2.69. The molecule has 0 radical (unpaired) electrons. The quantitative estimate of drug-likeness (QED) is 0.716. The Morgan fingerprint density at radius 2 is 1.62 bits per heavy atom. The fourth-order valence-corrected chi connectivity index (χ4v) is 2.78. The molecule has 0 saturated carbocycles. The number of carbonyl (C=O) groups excluding carboxylic acids is 1. The number of hydrogen-bond acceptors (Lipinski definition) is 3. The molecular formula is C22H22N2O2. The molecule has 3 aromatic rings. The maximum absolute atomic E-state index is 12.3. The van der Waals surface area contributed by atoms with Gasteiger partial charge in [-0.05, 0) is 35.2 Å². The van der Waals surface area contributed by atoms with E-state index in [1.165, 1.54) is 0 Å². The third-order valence-electron chi connectivity index (χ3n) is 4.28. The van der Waals surface area contributed by atoms with Crippen LogP contribution in [0.1, 0.15) is 29.8 Å². The number of hydrogen-bond donors (Lipinski definition) is 2. The van der Waals surface area contributed by atoms with Gasteiger partial charge in [0.15, 0.2) is 0 Å². The van der Waals surface area contributed by atoms with Crippen LogP contribution in [0.15, 0.2) is 72.9 Å².